The number of rotatable bonds is 5. The molecule has 0 aromatic heterocycles. The van der Waals surface area contributed by atoms with Crippen LogP contribution in [0.1, 0.15) is 79.6 Å². The quantitative estimate of drug-likeness (QED) is 0.505. The lowest BCUT2D eigenvalue weighted by Gasteiger charge is -2.62. The van der Waals surface area contributed by atoms with Gasteiger partial charge in [0, 0.05) is 23.8 Å². The SMILES string of the molecule is CCCCCC(=O)[C@@H]1[C@H](C)C[C@H]2[C@@H]3C[C@H](F)C4=C(F)C(=O)C(C)=C[C@]4(C)[C@@]3(F)[C@@H](O)C[C@]12C. The zero-order valence-electron chi connectivity index (χ0n) is 20.4. The molecule has 0 radical (unpaired) electrons. The molecule has 0 aromatic rings. The first-order valence-corrected chi connectivity index (χ1v) is 12.5. The van der Waals surface area contributed by atoms with Gasteiger partial charge in [-0.1, -0.05) is 39.7 Å². The third-order valence-corrected chi connectivity index (χ3v) is 9.70. The largest absolute Gasteiger partial charge is 0.390 e. The number of aliphatic hydroxyl groups is 1. The van der Waals surface area contributed by atoms with E-state index < -0.39 is 51.9 Å². The molecule has 0 unspecified atom stereocenters. The first kappa shape index (κ1) is 24.7. The predicted molar refractivity (Wildman–Crippen MR) is 120 cm³/mol. The van der Waals surface area contributed by atoms with Crippen LogP contribution in [0, 0.1) is 34.5 Å². The van der Waals surface area contributed by atoms with Crippen LogP contribution in [0.15, 0.2) is 23.0 Å². The van der Waals surface area contributed by atoms with Gasteiger partial charge in [0.25, 0.3) is 0 Å². The lowest BCUT2D eigenvalue weighted by molar-refractivity contribution is -0.202. The molecular weight excluding hydrogens is 429 g/mol. The van der Waals surface area contributed by atoms with Crippen LogP contribution in [0.5, 0.6) is 0 Å². The normalized spacial score (nSPS) is 47.1. The minimum atomic E-state index is -2.31. The zero-order chi connectivity index (χ0) is 24.5. The number of hydrogen-bond donors (Lipinski definition) is 1. The Labute approximate surface area is 194 Å². The van der Waals surface area contributed by atoms with Gasteiger partial charge in [0.15, 0.2) is 11.5 Å². The van der Waals surface area contributed by atoms with Crippen LogP contribution in [0.25, 0.3) is 0 Å². The zero-order valence-corrected chi connectivity index (χ0v) is 20.4. The molecule has 184 valence electrons. The van der Waals surface area contributed by atoms with E-state index in [2.05, 4.69) is 6.92 Å². The lowest BCUT2D eigenvalue weighted by Crippen LogP contribution is -2.68. The molecule has 6 heteroatoms. The van der Waals surface area contributed by atoms with Crippen molar-refractivity contribution in [2.24, 2.45) is 34.5 Å². The van der Waals surface area contributed by atoms with Crippen LogP contribution in [0.4, 0.5) is 13.2 Å². The number of carbonyl (C=O) groups excluding carboxylic acids is 2. The fraction of sp³-hybridized carbons (Fsp3) is 0.778. The predicted octanol–water partition coefficient (Wildman–Crippen LogP) is 6.00. The second-order valence-corrected chi connectivity index (χ2v) is 11.6. The summed E-state index contributed by atoms with van der Waals surface area (Å²) in [6.45, 7) is 8.87. The molecular formula is C27H37F3O3. The fourth-order valence-electron chi connectivity index (χ4n) is 8.37. The van der Waals surface area contributed by atoms with Crippen molar-refractivity contribution in [2.45, 2.75) is 97.5 Å². The van der Waals surface area contributed by atoms with Gasteiger partial charge in [0.1, 0.15) is 12.0 Å². The molecule has 0 saturated heterocycles. The number of unbranched alkanes of at least 4 members (excludes halogenated alkanes) is 2. The Morgan fingerprint density at radius 2 is 1.88 bits per heavy atom. The second-order valence-electron chi connectivity index (χ2n) is 11.6. The summed E-state index contributed by atoms with van der Waals surface area (Å²) in [7, 11) is 0. The Kier molecular flexibility index (Phi) is 6.03. The fourth-order valence-corrected chi connectivity index (χ4v) is 8.37. The molecule has 9 atom stereocenters. The molecule has 3 nitrogen and oxygen atoms in total. The average Bonchev–Trinajstić information content (AvgIpc) is 2.98. The van der Waals surface area contributed by atoms with Gasteiger partial charge in [-0.05, 0) is 62.4 Å². The van der Waals surface area contributed by atoms with Crippen LogP contribution in [0.2, 0.25) is 0 Å². The Bertz CT molecular complexity index is 926. The highest BCUT2D eigenvalue weighted by molar-refractivity contribution is 6.08. The summed E-state index contributed by atoms with van der Waals surface area (Å²) in [5.74, 6) is -3.43. The van der Waals surface area contributed by atoms with Gasteiger partial charge in [0.05, 0.1) is 11.5 Å². The topological polar surface area (TPSA) is 54.4 Å². The second kappa shape index (κ2) is 8.07. The molecule has 0 spiro atoms. The van der Waals surface area contributed by atoms with Crippen LogP contribution in [-0.4, -0.2) is 34.6 Å². The Hall–Kier alpha value is -1.43. The molecule has 0 aromatic carbocycles. The van der Waals surface area contributed by atoms with Crippen molar-refractivity contribution in [3.63, 3.8) is 0 Å². The van der Waals surface area contributed by atoms with Gasteiger partial charge in [-0.25, -0.2) is 13.2 Å². The lowest BCUT2D eigenvalue weighted by atomic mass is 9.44. The van der Waals surface area contributed by atoms with E-state index in [1.54, 1.807) is 0 Å². The third kappa shape index (κ3) is 3.18. The minimum Gasteiger partial charge on any atom is -0.390 e. The Morgan fingerprint density at radius 3 is 2.52 bits per heavy atom. The number of hydrogen-bond acceptors (Lipinski definition) is 3. The van der Waals surface area contributed by atoms with Crippen LogP contribution >= 0.6 is 0 Å². The van der Waals surface area contributed by atoms with E-state index >= 15 is 8.78 Å². The van der Waals surface area contributed by atoms with E-state index in [1.165, 1.54) is 19.9 Å². The highest BCUT2D eigenvalue weighted by Gasteiger charge is 2.73. The number of ketones is 2. The smallest absolute Gasteiger partial charge is 0.216 e. The first-order chi connectivity index (χ1) is 15.3. The van der Waals surface area contributed by atoms with Gasteiger partial charge in [-0.15, -0.1) is 0 Å². The molecule has 4 aliphatic rings. The molecule has 0 aliphatic heterocycles. The van der Waals surface area contributed by atoms with E-state index in [9.17, 15) is 19.1 Å². The van der Waals surface area contributed by atoms with E-state index in [0.717, 1.165) is 19.3 Å². The van der Waals surface area contributed by atoms with E-state index in [4.69, 9.17) is 0 Å². The summed E-state index contributed by atoms with van der Waals surface area (Å²) in [6.07, 6.45) is 1.68. The van der Waals surface area contributed by atoms with Crippen molar-refractivity contribution in [2.75, 3.05) is 0 Å². The number of alkyl halides is 2. The molecule has 0 bridgehead atoms. The van der Waals surface area contributed by atoms with Gasteiger partial charge in [-0.2, -0.15) is 0 Å². The summed E-state index contributed by atoms with van der Waals surface area (Å²) in [4.78, 5) is 25.5. The molecule has 3 saturated carbocycles. The van der Waals surface area contributed by atoms with Crippen LogP contribution in [0.3, 0.4) is 0 Å². The molecule has 0 heterocycles. The maximum atomic E-state index is 17.2. The Morgan fingerprint density at radius 1 is 1.21 bits per heavy atom. The van der Waals surface area contributed by atoms with Crippen molar-refractivity contribution in [3.05, 3.63) is 23.0 Å². The van der Waals surface area contributed by atoms with Crippen molar-refractivity contribution < 1.29 is 27.9 Å². The number of Topliss-reactive ketones (excluding diaryl/α,β-unsaturated/α-hetero) is 2. The number of carbonyl (C=O) groups is 2. The summed E-state index contributed by atoms with van der Waals surface area (Å²) in [5.41, 5.74) is -5.12. The van der Waals surface area contributed by atoms with Crippen molar-refractivity contribution >= 4 is 11.6 Å². The van der Waals surface area contributed by atoms with E-state index in [1.807, 2.05) is 13.8 Å². The van der Waals surface area contributed by atoms with Crippen LogP contribution < -0.4 is 0 Å². The van der Waals surface area contributed by atoms with Gasteiger partial charge in [0.2, 0.25) is 5.78 Å². The highest BCUT2D eigenvalue weighted by atomic mass is 19.2. The number of halogens is 3. The molecule has 4 rings (SSSR count). The molecule has 33 heavy (non-hydrogen) atoms. The van der Waals surface area contributed by atoms with E-state index in [0.29, 0.717) is 12.8 Å². The first-order valence-electron chi connectivity index (χ1n) is 12.5. The highest BCUT2D eigenvalue weighted by Crippen LogP contribution is 2.70. The van der Waals surface area contributed by atoms with Crippen LogP contribution in [-0.2, 0) is 9.59 Å². The summed E-state index contributed by atoms with van der Waals surface area (Å²) < 4.78 is 47.8. The monoisotopic (exact) mass is 466 g/mol. The molecule has 1 N–H and O–H groups in total. The van der Waals surface area contributed by atoms with Gasteiger partial charge >= 0.3 is 0 Å². The Balaban J connectivity index is 1.77. The summed E-state index contributed by atoms with van der Waals surface area (Å²) >= 11 is 0. The van der Waals surface area contributed by atoms with Gasteiger partial charge in [-0.3, -0.25) is 9.59 Å². The minimum absolute atomic E-state index is 0.00781. The van der Waals surface area contributed by atoms with E-state index in [-0.39, 0.29) is 42.0 Å². The van der Waals surface area contributed by atoms with Crippen molar-refractivity contribution in [1.29, 1.82) is 0 Å². The van der Waals surface area contributed by atoms with Gasteiger partial charge < -0.3 is 5.11 Å². The molecule has 3 fully saturated rings. The maximum Gasteiger partial charge on any atom is 0.216 e. The van der Waals surface area contributed by atoms with Crippen molar-refractivity contribution in [3.8, 4) is 0 Å². The molecule has 0 amide bonds. The average molecular weight is 467 g/mol. The summed E-state index contributed by atoms with van der Waals surface area (Å²) in [6, 6.07) is 0. The number of allylic oxidation sites excluding steroid dienone is 4. The maximum absolute atomic E-state index is 17.2. The summed E-state index contributed by atoms with van der Waals surface area (Å²) in [5, 5.41) is 11.3. The standard InChI is InChI=1S/C27H37F3O3/c1-6-7-8-9-19(31)21-14(2)10-16-17-11-18(28)22-23(29)24(33)15(3)12-26(22,5)27(17,30)20(32)13-25(16,21)4/h12,14,16-18,20-21,32H,6-11,13H2,1-5H3/t14-,16+,17+,18+,20+,21+,25+,26+,27+/m1/s1. The number of fused-ring (bicyclic) bond motifs is 5. The third-order valence-electron chi connectivity index (χ3n) is 9.70. The van der Waals surface area contributed by atoms with Crippen molar-refractivity contribution in [1.82, 2.24) is 0 Å². The number of aliphatic hydroxyl groups excluding tert-OH is 1. The molecule has 4 aliphatic carbocycles.